The fraction of sp³-hybridized carbons (Fsp3) is 0.571. The second kappa shape index (κ2) is 8.11. The van der Waals surface area contributed by atoms with Gasteiger partial charge < -0.3 is 10.6 Å². The fourth-order valence-electron chi connectivity index (χ4n) is 4.03. The van der Waals surface area contributed by atoms with E-state index in [2.05, 4.69) is 29.7 Å². The molecule has 1 heterocycles. The molecule has 1 unspecified atom stereocenters. The van der Waals surface area contributed by atoms with E-state index in [9.17, 15) is 14.4 Å². The van der Waals surface area contributed by atoms with E-state index in [1.54, 1.807) is 0 Å². The minimum atomic E-state index is -0.722. The van der Waals surface area contributed by atoms with Gasteiger partial charge in [-0.25, -0.2) is 4.79 Å². The normalized spacial score (nSPS) is 19.9. The van der Waals surface area contributed by atoms with E-state index >= 15 is 0 Å². The van der Waals surface area contributed by atoms with Gasteiger partial charge in [-0.3, -0.25) is 14.5 Å². The number of nitrogens with one attached hydrogen (secondary N) is 2. The van der Waals surface area contributed by atoms with Gasteiger partial charge in [0.2, 0.25) is 5.91 Å². The zero-order valence-corrected chi connectivity index (χ0v) is 16.2. The molecule has 0 aromatic heterocycles. The van der Waals surface area contributed by atoms with Crippen LogP contribution in [0.5, 0.6) is 0 Å². The van der Waals surface area contributed by atoms with Gasteiger partial charge in [0.15, 0.2) is 0 Å². The van der Waals surface area contributed by atoms with Crippen LogP contribution >= 0.6 is 0 Å². The van der Waals surface area contributed by atoms with Gasteiger partial charge in [0.1, 0.15) is 5.54 Å². The van der Waals surface area contributed by atoms with E-state index in [0.29, 0.717) is 12.8 Å². The maximum Gasteiger partial charge on any atom is 0.325 e. The van der Waals surface area contributed by atoms with Crippen LogP contribution in [0.15, 0.2) is 24.3 Å². The molecule has 2 fully saturated rings. The Morgan fingerprint density at radius 1 is 1.19 bits per heavy atom. The van der Waals surface area contributed by atoms with Crippen molar-refractivity contribution in [2.24, 2.45) is 0 Å². The molecule has 1 saturated carbocycles. The lowest BCUT2D eigenvalue weighted by Crippen LogP contribution is -2.48. The van der Waals surface area contributed by atoms with E-state index in [1.165, 1.54) is 10.5 Å². The number of urea groups is 1. The summed E-state index contributed by atoms with van der Waals surface area (Å²) in [5.41, 5.74) is 1.57. The molecule has 1 aliphatic heterocycles. The minimum Gasteiger partial charge on any atom is -0.350 e. The van der Waals surface area contributed by atoms with Crippen molar-refractivity contribution in [1.82, 2.24) is 15.5 Å². The molecule has 1 aliphatic carbocycles. The molecule has 4 amide bonds. The van der Waals surface area contributed by atoms with E-state index in [1.807, 2.05) is 19.1 Å². The van der Waals surface area contributed by atoms with Crippen molar-refractivity contribution in [1.29, 1.82) is 0 Å². The van der Waals surface area contributed by atoms with E-state index in [4.69, 9.17) is 0 Å². The second-order valence-corrected chi connectivity index (χ2v) is 7.66. The standard InChI is InChI=1S/C21H29N3O3/c1-3-16-7-9-17(10-8-16)15(2)22-18(25)11-14-24-19(26)21(23-20(24)27)12-5-4-6-13-21/h7-10,15H,3-6,11-14H2,1-2H3,(H,22,25)(H,23,27). The summed E-state index contributed by atoms with van der Waals surface area (Å²) in [6.45, 7) is 4.16. The first-order valence-corrected chi connectivity index (χ1v) is 9.97. The lowest BCUT2D eigenvalue weighted by molar-refractivity contribution is -0.132. The smallest absolute Gasteiger partial charge is 0.325 e. The molecular formula is C21H29N3O3. The molecule has 2 aliphatic rings. The highest BCUT2D eigenvalue weighted by Crippen LogP contribution is 2.33. The highest BCUT2D eigenvalue weighted by atomic mass is 16.2. The van der Waals surface area contributed by atoms with E-state index < -0.39 is 5.54 Å². The van der Waals surface area contributed by atoms with Crippen LogP contribution in [0.2, 0.25) is 0 Å². The highest BCUT2D eigenvalue weighted by molar-refractivity contribution is 6.07. The number of nitrogens with zero attached hydrogens (tertiary/aromatic N) is 1. The van der Waals surface area contributed by atoms with Crippen molar-refractivity contribution in [2.45, 2.75) is 70.4 Å². The van der Waals surface area contributed by atoms with Gasteiger partial charge in [-0.2, -0.15) is 0 Å². The molecule has 146 valence electrons. The number of hydrogen-bond donors (Lipinski definition) is 2. The van der Waals surface area contributed by atoms with Crippen molar-refractivity contribution in [3.8, 4) is 0 Å². The van der Waals surface area contributed by atoms with Crippen LogP contribution in [0.4, 0.5) is 4.79 Å². The summed E-state index contributed by atoms with van der Waals surface area (Å²) >= 11 is 0. The Morgan fingerprint density at radius 3 is 2.48 bits per heavy atom. The van der Waals surface area contributed by atoms with Crippen molar-refractivity contribution in [2.75, 3.05) is 6.54 Å². The predicted molar refractivity (Wildman–Crippen MR) is 103 cm³/mol. The van der Waals surface area contributed by atoms with Gasteiger partial charge in [0, 0.05) is 13.0 Å². The van der Waals surface area contributed by atoms with E-state index in [-0.39, 0.29) is 36.9 Å². The van der Waals surface area contributed by atoms with Gasteiger partial charge in [0.25, 0.3) is 5.91 Å². The largest absolute Gasteiger partial charge is 0.350 e. The molecule has 27 heavy (non-hydrogen) atoms. The Morgan fingerprint density at radius 2 is 1.85 bits per heavy atom. The summed E-state index contributed by atoms with van der Waals surface area (Å²) in [4.78, 5) is 38.5. The first-order chi connectivity index (χ1) is 12.9. The van der Waals surface area contributed by atoms with Gasteiger partial charge in [-0.05, 0) is 37.3 Å². The molecule has 2 N–H and O–H groups in total. The van der Waals surface area contributed by atoms with E-state index in [0.717, 1.165) is 31.2 Å². The molecule has 1 spiro atoms. The quantitative estimate of drug-likeness (QED) is 0.755. The lowest BCUT2D eigenvalue weighted by Gasteiger charge is -2.30. The molecular weight excluding hydrogens is 342 g/mol. The Hall–Kier alpha value is -2.37. The van der Waals surface area contributed by atoms with Crippen LogP contribution < -0.4 is 10.6 Å². The molecule has 6 nitrogen and oxygen atoms in total. The molecule has 1 aromatic rings. The molecule has 1 aromatic carbocycles. The summed E-state index contributed by atoms with van der Waals surface area (Å²) in [5.74, 6) is -0.324. The van der Waals surface area contributed by atoms with Crippen LogP contribution in [-0.4, -0.2) is 34.8 Å². The Labute approximate surface area is 160 Å². The molecule has 0 radical (unpaired) electrons. The average Bonchev–Trinajstić information content (AvgIpc) is 2.90. The zero-order chi connectivity index (χ0) is 19.4. The summed E-state index contributed by atoms with van der Waals surface area (Å²) in [6, 6.07) is 7.69. The van der Waals surface area contributed by atoms with Gasteiger partial charge >= 0.3 is 6.03 Å². The number of rotatable bonds is 6. The monoisotopic (exact) mass is 371 g/mol. The third-order valence-electron chi connectivity index (χ3n) is 5.78. The number of imide groups is 1. The van der Waals surface area contributed by atoms with Crippen molar-refractivity contribution >= 4 is 17.8 Å². The number of aryl methyl sites for hydroxylation is 1. The van der Waals surface area contributed by atoms with Gasteiger partial charge in [-0.1, -0.05) is 50.5 Å². The molecule has 1 atom stereocenters. The van der Waals surface area contributed by atoms with Crippen molar-refractivity contribution in [3.63, 3.8) is 0 Å². The Kier molecular flexibility index (Phi) is 5.82. The number of carbonyl (C=O) groups excluding carboxylic acids is 3. The first kappa shape index (κ1) is 19.4. The average molecular weight is 371 g/mol. The van der Waals surface area contributed by atoms with Crippen LogP contribution in [0.1, 0.15) is 69.5 Å². The molecule has 3 rings (SSSR count). The predicted octanol–water partition coefficient (Wildman–Crippen LogP) is 3.07. The third-order valence-corrected chi connectivity index (χ3v) is 5.78. The fourth-order valence-corrected chi connectivity index (χ4v) is 4.03. The number of carbonyl (C=O) groups is 3. The number of amides is 4. The first-order valence-electron chi connectivity index (χ1n) is 9.97. The van der Waals surface area contributed by atoms with Gasteiger partial charge in [-0.15, -0.1) is 0 Å². The van der Waals surface area contributed by atoms with Crippen LogP contribution in [-0.2, 0) is 16.0 Å². The van der Waals surface area contributed by atoms with Crippen LogP contribution in [0.25, 0.3) is 0 Å². The molecule has 6 heteroatoms. The van der Waals surface area contributed by atoms with Crippen LogP contribution in [0, 0.1) is 0 Å². The summed E-state index contributed by atoms with van der Waals surface area (Å²) in [6.07, 6.45) is 5.50. The second-order valence-electron chi connectivity index (χ2n) is 7.66. The summed E-state index contributed by atoms with van der Waals surface area (Å²) < 4.78 is 0. The Balaban J connectivity index is 1.52. The number of benzene rings is 1. The highest BCUT2D eigenvalue weighted by Gasteiger charge is 2.51. The maximum absolute atomic E-state index is 12.7. The Bertz CT molecular complexity index is 708. The SMILES string of the molecule is CCc1ccc(C(C)NC(=O)CCN2C(=O)NC3(CCCCC3)C2=O)cc1. The minimum absolute atomic E-state index is 0.115. The third kappa shape index (κ3) is 4.15. The van der Waals surface area contributed by atoms with Crippen molar-refractivity contribution in [3.05, 3.63) is 35.4 Å². The zero-order valence-electron chi connectivity index (χ0n) is 16.2. The maximum atomic E-state index is 12.7. The number of hydrogen-bond acceptors (Lipinski definition) is 3. The van der Waals surface area contributed by atoms with Crippen LogP contribution in [0.3, 0.4) is 0 Å². The molecule has 0 bridgehead atoms. The summed E-state index contributed by atoms with van der Waals surface area (Å²) in [5, 5.41) is 5.83. The molecule has 1 saturated heterocycles. The lowest BCUT2D eigenvalue weighted by atomic mass is 9.82. The van der Waals surface area contributed by atoms with Crippen molar-refractivity contribution < 1.29 is 14.4 Å². The van der Waals surface area contributed by atoms with Gasteiger partial charge in [0.05, 0.1) is 6.04 Å². The summed E-state index contributed by atoms with van der Waals surface area (Å²) in [7, 11) is 0. The topological polar surface area (TPSA) is 78.5 Å².